The lowest BCUT2D eigenvalue weighted by atomic mass is 10.2. The number of halogens is 1. The Morgan fingerprint density at radius 3 is 2.46 bits per heavy atom. The fraction of sp³-hybridized carbons (Fsp3) is 0.211. The fourth-order valence-corrected chi connectivity index (χ4v) is 2.49. The van der Waals surface area contributed by atoms with Gasteiger partial charge < -0.3 is 15.7 Å². The number of aliphatic hydroxyl groups is 1. The van der Waals surface area contributed by atoms with Gasteiger partial charge in [-0.1, -0.05) is 23.7 Å². The Labute approximate surface area is 157 Å². The van der Waals surface area contributed by atoms with Gasteiger partial charge in [-0.15, -0.1) is 0 Å². The minimum atomic E-state index is 0.124. The van der Waals surface area contributed by atoms with Crippen molar-refractivity contribution in [2.75, 3.05) is 23.8 Å². The van der Waals surface area contributed by atoms with Crippen molar-refractivity contribution < 1.29 is 5.11 Å². The van der Waals surface area contributed by atoms with Gasteiger partial charge >= 0.3 is 0 Å². The maximum atomic E-state index is 8.95. The Kier molecular flexibility index (Phi) is 6.35. The maximum absolute atomic E-state index is 8.95. The van der Waals surface area contributed by atoms with Gasteiger partial charge in [-0.3, -0.25) is 4.98 Å². The molecule has 1 aromatic carbocycles. The summed E-state index contributed by atoms with van der Waals surface area (Å²) in [7, 11) is 0. The molecular weight excluding hydrogens is 350 g/mol. The number of hydrogen-bond donors (Lipinski definition) is 3. The lowest BCUT2D eigenvalue weighted by Crippen LogP contribution is -2.10. The number of aliphatic hydroxyl groups excluding tert-OH is 1. The van der Waals surface area contributed by atoms with Crippen molar-refractivity contribution in [1.29, 1.82) is 0 Å². The number of aromatic nitrogens is 3. The van der Waals surface area contributed by atoms with Crippen LogP contribution in [0.5, 0.6) is 0 Å². The molecule has 0 aliphatic rings. The van der Waals surface area contributed by atoms with Gasteiger partial charge in [0.15, 0.2) is 0 Å². The predicted octanol–water partition coefficient (Wildman–Crippen LogP) is 3.60. The van der Waals surface area contributed by atoms with Crippen LogP contribution in [0, 0.1) is 0 Å². The van der Waals surface area contributed by atoms with Gasteiger partial charge in [0.05, 0.1) is 5.69 Å². The number of benzene rings is 1. The highest BCUT2D eigenvalue weighted by Gasteiger charge is 2.07. The summed E-state index contributed by atoms with van der Waals surface area (Å²) in [5, 5.41) is 16.1. The standard InChI is InChI=1S/C19H20ClN5O/c20-16-4-2-14(3-5-16)13-23-18-12-17(15-6-9-21-10-7-15)24-19(25-18)22-8-1-11-26/h2-7,9-10,12,26H,1,8,11,13H2,(H2,22,23,24,25). The Bertz CT molecular complexity index is 827. The highest BCUT2D eigenvalue weighted by molar-refractivity contribution is 6.30. The first-order valence-corrected chi connectivity index (χ1v) is 8.75. The van der Waals surface area contributed by atoms with Crippen LogP contribution in [-0.2, 0) is 6.54 Å². The first kappa shape index (κ1) is 18.1. The highest BCUT2D eigenvalue weighted by atomic mass is 35.5. The number of nitrogens with one attached hydrogen (secondary N) is 2. The molecule has 134 valence electrons. The molecule has 3 N–H and O–H groups in total. The van der Waals surface area contributed by atoms with Crippen LogP contribution >= 0.6 is 11.6 Å². The smallest absolute Gasteiger partial charge is 0.225 e. The maximum Gasteiger partial charge on any atom is 0.225 e. The van der Waals surface area contributed by atoms with Gasteiger partial charge in [-0.05, 0) is 36.2 Å². The third-order valence-corrected chi connectivity index (χ3v) is 3.96. The minimum Gasteiger partial charge on any atom is -0.396 e. The average molecular weight is 370 g/mol. The van der Waals surface area contributed by atoms with Crippen molar-refractivity contribution in [2.24, 2.45) is 0 Å². The van der Waals surface area contributed by atoms with Gasteiger partial charge in [-0.25, -0.2) is 4.98 Å². The van der Waals surface area contributed by atoms with Crippen LogP contribution in [0.15, 0.2) is 54.9 Å². The predicted molar refractivity (Wildman–Crippen MR) is 104 cm³/mol. The lowest BCUT2D eigenvalue weighted by molar-refractivity contribution is 0.292. The van der Waals surface area contributed by atoms with Crippen molar-refractivity contribution >= 4 is 23.4 Å². The quantitative estimate of drug-likeness (QED) is 0.526. The highest BCUT2D eigenvalue weighted by Crippen LogP contribution is 2.21. The summed E-state index contributed by atoms with van der Waals surface area (Å²) in [4.78, 5) is 13.1. The Balaban J connectivity index is 1.80. The zero-order chi connectivity index (χ0) is 18.2. The summed E-state index contributed by atoms with van der Waals surface area (Å²) < 4.78 is 0. The molecule has 6 nitrogen and oxygen atoms in total. The molecule has 0 radical (unpaired) electrons. The molecule has 0 aliphatic carbocycles. The van der Waals surface area contributed by atoms with E-state index < -0.39 is 0 Å². The zero-order valence-electron chi connectivity index (χ0n) is 14.2. The summed E-state index contributed by atoms with van der Waals surface area (Å²) in [6, 6.07) is 13.4. The second-order valence-corrected chi connectivity index (χ2v) is 6.12. The third-order valence-electron chi connectivity index (χ3n) is 3.71. The number of pyridine rings is 1. The summed E-state index contributed by atoms with van der Waals surface area (Å²) in [6.07, 6.45) is 4.10. The van der Waals surface area contributed by atoms with E-state index in [-0.39, 0.29) is 6.61 Å². The zero-order valence-corrected chi connectivity index (χ0v) is 14.9. The van der Waals surface area contributed by atoms with Gasteiger partial charge in [-0.2, -0.15) is 4.98 Å². The monoisotopic (exact) mass is 369 g/mol. The molecule has 0 atom stereocenters. The van der Waals surface area contributed by atoms with E-state index in [1.807, 2.05) is 42.5 Å². The molecule has 0 spiro atoms. The van der Waals surface area contributed by atoms with E-state index in [4.69, 9.17) is 16.7 Å². The number of rotatable bonds is 8. The first-order chi connectivity index (χ1) is 12.7. The van der Waals surface area contributed by atoms with E-state index in [1.54, 1.807) is 12.4 Å². The van der Waals surface area contributed by atoms with Crippen LogP contribution < -0.4 is 10.6 Å². The van der Waals surface area contributed by atoms with Gasteiger partial charge in [0, 0.05) is 48.7 Å². The minimum absolute atomic E-state index is 0.124. The Morgan fingerprint density at radius 2 is 1.73 bits per heavy atom. The summed E-state index contributed by atoms with van der Waals surface area (Å²) >= 11 is 5.93. The molecule has 0 saturated heterocycles. The summed E-state index contributed by atoms with van der Waals surface area (Å²) in [5.74, 6) is 1.24. The van der Waals surface area contributed by atoms with Crippen LogP contribution in [0.2, 0.25) is 5.02 Å². The van der Waals surface area contributed by atoms with Crippen molar-refractivity contribution in [1.82, 2.24) is 15.0 Å². The summed E-state index contributed by atoms with van der Waals surface area (Å²) in [6.45, 7) is 1.35. The van der Waals surface area contributed by atoms with E-state index >= 15 is 0 Å². The number of anilines is 2. The van der Waals surface area contributed by atoms with Crippen LogP contribution in [0.1, 0.15) is 12.0 Å². The van der Waals surface area contributed by atoms with Crippen molar-refractivity contribution in [3.63, 3.8) is 0 Å². The normalized spacial score (nSPS) is 10.5. The van der Waals surface area contributed by atoms with Gasteiger partial charge in [0.2, 0.25) is 5.95 Å². The molecule has 0 bridgehead atoms. The molecule has 26 heavy (non-hydrogen) atoms. The van der Waals surface area contributed by atoms with E-state index in [9.17, 15) is 0 Å². The van der Waals surface area contributed by atoms with Gasteiger partial charge in [0.25, 0.3) is 0 Å². The first-order valence-electron chi connectivity index (χ1n) is 8.37. The number of hydrogen-bond acceptors (Lipinski definition) is 6. The fourth-order valence-electron chi connectivity index (χ4n) is 2.36. The van der Waals surface area contributed by atoms with E-state index in [0.29, 0.717) is 36.3 Å². The largest absolute Gasteiger partial charge is 0.396 e. The van der Waals surface area contributed by atoms with Crippen molar-refractivity contribution in [2.45, 2.75) is 13.0 Å². The molecule has 0 aliphatic heterocycles. The average Bonchev–Trinajstić information content (AvgIpc) is 2.68. The molecule has 0 fully saturated rings. The molecule has 2 aromatic heterocycles. The Hall–Kier alpha value is -2.70. The second-order valence-electron chi connectivity index (χ2n) is 5.68. The van der Waals surface area contributed by atoms with Crippen molar-refractivity contribution in [3.8, 4) is 11.3 Å². The van der Waals surface area contributed by atoms with Crippen LogP contribution in [0.25, 0.3) is 11.3 Å². The van der Waals surface area contributed by atoms with Crippen LogP contribution in [0.3, 0.4) is 0 Å². The van der Waals surface area contributed by atoms with Crippen molar-refractivity contribution in [3.05, 3.63) is 65.4 Å². The van der Waals surface area contributed by atoms with Crippen LogP contribution in [0.4, 0.5) is 11.8 Å². The third kappa shape index (κ3) is 5.15. The molecule has 0 unspecified atom stereocenters. The molecule has 3 rings (SSSR count). The second kappa shape index (κ2) is 9.12. The molecule has 0 amide bonds. The summed E-state index contributed by atoms with van der Waals surface area (Å²) in [5.41, 5.74) is 2.86. The molecule has 2 heterocycles. The lowest BCUT2D eigenvalue weighted by Gasteiger charge is -2.11. The van der Waals surface area contributed by atoms with Crippen LogP contribution in [-0.4, -0.2) is 33.2 Å². The molecular formula is C19H20ClN5O. The molecule has 0 saturated carbocycles. The molecule has 3 aromatic rings. The SMILES string of the molecule is OCCCNc1nc(NCc2ccc(Cl)cc2)cc(-c2ccncc2)n1. The van der Waals surface area contributed by atoms with E-state index in [0.717, 1.165) is 16.8 Å². The topological polar surface area (TPSA) is 83.0 Å². The Morgan fingerprint density at radius 1 is 0.962 bits per heavy atom. The van der Waals surface area contributed by atoms with Gasteiger partial charge in [0.1, 0.15) is 5.82 Å². The van der Waals surface area contributed by atoms with E-state index in [2.05, 4.69) is 25.6 Å². The molecule has 7 heteroatoms. The van der Waals surface area contributed by atoms with E-state index in [1.165, 1.54) is 0 Å². The number of nitrogens with zero attached hydrogens (tertiary/aromatic N) is 3.